The minimum Gasteiger partial charge on any atom is -0.508 e. The zero-order chi connectivity index (χ0) is 30.1. The number of nitrogens with two attached hydrogens (primary N) is 1. The first-order valence-corrected chi connectivity index (χ1v) is 13.6. The Hall–Kier alpha value is -3.14. The summed E-state index contributed by atoms with van der Waals surface area (Å²) in [5.74, 6) is -0.665. The van der Waals surface area contributed by atoms with Crippen LogP contribution in [0.1, 0.15) is 58.3 Å². The molecule has 0 aliphatic carbocycles. The summed E-state index contributed by atoms with van der Waals surface area (Å²) >= 11 is 0. The lowest BCUT2D eigenvalue weighted by Gasteiger charge is -2.33. The van der Waals surface area contributed by atoms with Crippen molar-refractivity contribution in [3.8, 4) is 5.75 Å². The Labute approximate surface area is 238 Å². The molecule has 1 heterocycles. The fourth-order valence-corrected chi connectivity index (χ4v) is 5.49. The van der Waals surface area contributed by atoms with Crippen molar-refractivity contribution in [2.75, 3.05) is 26.6 Å². The first kappa shape index (κ1) is 33.1. The fraction of sp³-hybridized carbons (Fsp3) is 0.548. The van der Waals surface area contributed by atoms with Crippen LogP contribution in [-0.2, 0) is 23.7 Å². The maximum Gasteiger partial charge on any atom is 0.405 e. The predicted octanol–water partition coefficient (Wildman–Crippen LogP) is 5.58. The molecule has 222 valence electrons. The normalized spacial score (nSPS) is 32.2. The van der Waals surface area contributed by atoms with E-state index in [0.29, 0.717) is 17.7 Å². The van der Waals surface area contributed by atoms with Crippen LogP contribution in [0.25, 0.3) is 0 Å². The minimum atomic E-state index is -0.868. The SMILES string of the molecule is COC1CC(C)C(OC)c2cc(O)cc(c2C)NC(=O)/C(C)=C/C=C\C(C)C(OC(N)=O)/C(C)=C/C(C)C1OC. The molecule has 0 saturated carbocycles. The average Bonchev–Trinajstić information content (AvgIpc) is 2.88. The zero-order valence-corrected chi connectivity index (χ0v) is 25.2. The molecule has 2 amide bonds. The minimum absolute atomic E-state index is 0.0270. The topological polar surface area (TPSA) is 129 Å². The van der Waals surface area contributed by atoms with E-state index in [2.05, 4.69) is 12.2 Å². The highest BCUT2D eigenvalue weighted by Gasteiger charge is 2.32. The molecular weight excluding hydrogens is 512 g/mol. The van der Waals surface area contributed by atoms with Gasteiger partial charge in [0.25, 0.3) is 5.91 Å². The molecule has 0 spiro atoms. The molecule has 40 heavy (non-hydrogen) atoms. The van der Waals surface area contributed by atoms with Gasteiger partial charge >= 0.3 is 6.09 Å². The molecular formula is C31H46N2O7. The Bertz CT molecular complexity index is 1130. The third-order valence-corrected chi connectivity index (χ3v) is 7.64. The van der Waals surface area contributed by atoms with Crippen LogP contribution in [0.3, 0.4) is 0 Å². The van der Waals surface area contributed by atoms with Crippen molar-refractivity contribution in [3.63, 3.8) is 0 Å². The smallest absolute Gasteiger partial charge is 0.405 e. The van der Waals surface area contributed by atoms with Crippen molar-refractivity contribution in [1.29, 1.82) is 0 Å². The first-order chi connectivity index (χ1) is 18.8. The molecule has 1 aromatic rings. The summed E-state index contributed by atoms with van der Waals surface area (Å²) in [4.78, 5) is 24.8. The number of aromatic hydroxyl groups is 1. The number of phenols is 1. The van der Waals surface area contributed by atoms with Crippen molar-refractivity contribution in [1.82, 2.24) is 0 Å². The highest BCUT2D eigenvalue weighted by Crippen LogP contribution is 2.38. The lowest BCUT2D eigenvalue weighted by molar-refractivity contribution is -0.112. The fourth-order valence-electron chi connectivity index (χ4n) is 5.49. The number of primary amides is 1. The summed E-state index contributed by atoms with van der Waals surface area (Å²) in [6, 6.07) is 3.21. The van der Waals surface area contributed by atoms with Gasteiger partial charge in [-0.15, -0.1) is 0 Å². The van der Waals surface area contributed by atoms with E-state index < -0.39 is 12.2 Å². The van der Waals surface area contributed by atoms with Crippen molar-refractivity contribution in [2.45, 2.75) is 72.4 Å². The van der Waals surface area contributed by atoms with Crippen LogP contribution < -0.4 is 11.1 Å². The number of hydrogen-bond acceptors (Lipinski definition) is 7. The number of carbonyl (C=O) groups is 2. The number of benzene rings is 1. The van der Waals surface area contributed by atoms with Gasteiger partial charge in [-0.25, -0.2) is 4.79 Å². The van der Waals surface area contributed by atoms with E-state index >= 15 is 0 Å². The Morgan fingerprint density at radius 3 is 2.25 bits per heavy atom. The van der Waals surface area contributed by atoms with Crippen LogP contribution in [0, 0.1) is 24.7 Å². The molecule has 7 unspecified atom stereocenters. The summed E-state index contributed by atoms with van der Waals surface area (Å²) in [5.41, 5.74) is 8.76. The molecule has 1 aliphatic rings. The molecule has 1 aromatic carbocycles. The Kier molecular flexibility index (Phi) is 12.4. The van der Waals surface area contributed by atoms with E-state index in [1.54, 1.807) is 46.5 Å². The first-order valence-electron chi connectivity index (χ1n) is 13.6. The molecule has 0 radical (unpaired) electrons. The van der Waals surface area contributed by atoms with Gasteiger partial charge in [-0.05, 0) is 55.9 Å². The second-order valence-corrected chi connectivity index (χ2v) is 10.7. The van der Waals surface area contributed by atoms with Crippen molar-refractivity contribution >= 4 is 17.7 Å². The Balaban J connectivity index is 2.67. The highest BCUT2D eigenvalue weighted by molar-refractivity contribution is 6.04. The van der Waals surface area contributed by atoms with Crippen LogP contribution in [0.4, 0.5) is 10.5 Å². The van der Waals surface area contributed by atoms with Crippen LogP contribution in [0.2, 0.25) is 0 Å². The van der Waals surface area contributed by atoms with Crippen LogP contribution in [-0.4, -0.2) is 56.7 Å². The number of nitrogens with one attached hydrogen (secondary N) is 1. The summed E-state index contributed by atoms with van der Waals surface area (Å²) in [7, 11) is 4.93. The van der Waals surface area contributed by atoms with E-state index in [1.807, 2.05) is 39.8 Å². The molecule has 9 heteroatoms. The quantitative estimate of drug-likeness (QED) is 0.411. The molecule has 0 aromatic heterocycles. The van der Waals surface area contributed by atoms with Crippen LogP contribution in [0.15, 0.2) is 47.6 Å². The maximum absolute atomic E-state index is 13.0. The second-order valence-electron chi connectivity index (χ2n) is 10.7. The number of carbonyl (C=O) groups excluding carboxylic acids is 2. The number of amides is 2. The number of fused-ring (bicyclic) bond motifs is 2. The van der Waals surface area contributed by atoms with E-state index in [0.717, 1.165) is 16.7 Å². The van der Waals surface area contributed by atoms with E-state index in [9.17, 15) is 14.7 Å². The van der Waals surface area contributed by atoms with Crippen molar-refractivity contribution in [3.05, 3.63) is 58.7 Å². The van der Waals surface area contributed by atoms with Gasteiger partial charge in [0.2, 0.25) is 0 Å². The summed E-state index contributed by atoms with van der Waals surface area (Å²) in [6.45, 7) is 11.5. The highest BCUT2D eigenvalue weighted by atomic mass is 16.6. The van der Waals surface area contributed by atoms with Gasteiger partial charge in [-0.3, -0.25) is 4.79 Å². The lowest BCUT2D eigenvalue weighted by atomic mass is 9.85. The predicted molar refractivity (Wildman–Crippen MR) is 156 cm³/mol. The Morgan fingerprint density at radius 2 is 1.68 bits per heavy atom. The van der Waals surface area contributed by atoms with E-state index in [4.69, 9.17) is 24.7 Å². The van der Waals surface area contributed by atoms with Gasteiger partial charge in [0.15, 0.2) is 0 Å². The second kappa shape index (κ2) is 15.0. The monoisotopic (exact) mass is 558 g/mol. The van der Waals surface area contributed by atoms with E-state index in [1.165, 1.54) is 6.07 Å². The number of rotatable bonds is 4. The number of allylic oxidation sites excluding steroid dienone is 2. The van der Waals surface area contributed by atoms with Crippen molar-refractivity contribution < 1.29 is 33.6 Å². The van der Waals surface area contributed by atoms with E-state index in [-0.39, 0.29) is 47.7 Å². The maximum atomic E-state index is 13.0. The molecule has 1 aliphatic heterocycles. The summed E-state index contributed by atoms with van der Waals surface area (Å²) in [5, 5.41) is 13.5. The molecule has 0 fully saturated rings. The standard InChI is InChI=1S/C31H46N2O7/c1-17-11-10-12-18(2)30(35)33-25-16-23(34)15-24(22(25)6)28(38-8)21(5)14-26(37-7)29(39-9)20(4)13-19(3)27(17)40-31(32)36/h10-13,15-17,20-21,26-29,34H,14H2,1-9H3,(H2,32,36)(H,33,35)/b11-10-,18-12+,19-13+. The molecule has 7 atom stereocenters. The average molecular weight is 559 g/mol. The van der Waals surface area contributed by atoms with Gasteiger partial charge in [-0.1, -0.05) is 45.1 Å². The van der Waals surface area contributed by atoms with Crippen LogP contribution >= 0.6 is 0 Å². The van der Waals surface area contributed by atoms with Crippen LogP contribution in [0.5, 0.6) is 5.75 Å². The lowest BCUT2D eigenvalue weighted by Crippen LogP contribution is -2.37. The largest absolute Gasteiger partial charge is 0.508 e. The number of methoxy groups -OCH3 is 3. The van der Waals surface area contributed by atoms with Gasteiger partial charge in [-0.2, -0.15) is 0 Å². The Morgan fingerprint density at radius 1 is 1.00 bits per heavy atom. The van der Waals surface area contributed by atoms with Gasteiger partial charge < -0.3 is 35.1 Å². The van der Waals surface area contributed by atoms with Crippen molar-refractivity contribution in [2.24, 2.45) is 23.5 Å². The third-order valence-electron chi connectivity index (χ3n) is 7.64. The number of phenolic OH excluding ortho intramolecular Hbond substituents is 1. The molecule has 2 bridgehead atoms. The summed E-state index contributed by atoms with van der Waals surface area (Å²) < 4.78 is 23.3. The molecule has 2 rings (SSSR count). The number of hydrogen-bond donors (Lipinski definition) is 3. The molecule has 0 saturated heterocycles. The van der Waals surface area contributed by atoms with Gasteiger partial charge in [0, 0.05) is 50.5 Å². The zero-order valence-electron chi connectivity index (χ0n) is 25.2. The van der Waals surface area contributed by atoms with Gasteiger partial charge in [0.1, 0.15) is 11.9 Å². The van der Waals surface area contributed by atoms with Gasteiger partial charge in [0.05, 0.1) is 18.3 Å². The number of anilines is 1. The number of ether oxygens (including phenoxy) is 4. The molecule has 9 nitrogen and oxygen atoms in total. The third kappa shape index (κ3) is 8.43. The molecule has 4 N–H and O–H groups in total. The summed E-state index contributed by atoms with van der Waals surface area (Å²) in [6.07, 6.45) is 5.43.